The van der Waals surface area contributed by atoms with Crippen molar-refractivity contribution in [3.05, 3.63) is 31.5 Å². The number of fused-ring (bicyclic) bond motifs is 1. The standard InChI is InChI=1S/C13H15N3O5/c1-3-4-5-16-10-9(12(20)15(2)13(16)21)7(6-8(17)18)11(19)14-10/h3-6H2,1-2H3,(H,17,18)/p+1. The number of nitrogens with zero attached hydrogens (tertiary/aromatic N) is 2. The lowest BCUT2D eigenvalue weighted by Crippen LogP contribution is -2.83. The van der Waals surface area contributed by atoms with E-state index in [1.807, 2.05) is 6.92 Å². The van der Waals surface area contributed by atoms with Crippen LogP contribution in [0.1, 0.15) is 26.2 Å². The van der Waals surface area contributed by atoms with Gasteiger partial charge in [0.2, 0.25) is 0 Å². The molecule has 1 aromatic rings. The molecule has 0 bridgehead atoms. The van der Waals surface area contributed by atoms with Crippen LogP contribution in [0.5, 0.6) is 0 Å². The van der Waals surface area contributed by atoms with Crippen LogP contribution < -0.4 is 26.9 Å². The van der Waals surface area contributed by atoms with Gasteiger partial charge in [-0.15, -0.1) is 0 Å². The van der Waals surface area contributed by atoms with Crippen LogP contribution in [0.4, 0.5) is 0 Å². The number of hydrogen-bond donors (Lipinski definition) is 2. The first-order valence-corrected chi connectivity index (χ1v) is 6.61. The number of aromatic nitrogens is 2. The van der Waals surface area contributed by atoms with Gasteiger partial charge in [0.15, 0.2) is 0 Å². The maximum absolute atomic E-state index is 12.2. The number of carboxylic acids is 1. The van der Waals surface area contributed by atoms with E-state index in [9.17, 15) is 19.2 Å². The molecular formula is C13H16N3O5+. The van der Waals surface area contributed by atoms with Gasteiger partial charge >= 0.3 is 17.6 Å². The zero-order chi connectivity index (χ0) is 15.7. The smallest absolute Gasteiger partial charge is 0.418 e. The summed E-state index contributed by atoms with van der Waals surface area (Å²) in [5.74, 6) is -1.85. The quantitative estimate of drug-likeness (QED) is 0.578. The van der Waals surface area contributed by atoms with E-state index < -0.39 is 29.5 Å². The Hall–Kier alpha value is -2.51. The molecule has 0 unspecified atom stereocenters. The fourth-order valence-corrected chi connectivity index (χ4v) is 2.31. The molecule has 2 rings (SSSR count). The summed E-state index contributed by atoms with van der Waals surface area (Å²) in [5, 5.41) is 8.85. The number of carboxylic acid groups (broad SMARTS) is 1. The summed E-state index contributed by atoms with van der Waals surface area (Å²) in [6.45, 7) is 2.31. The van der Waals surface area contributed by atoms with Crippen LogP contribution in [0.2, 0.25) is 0 Å². The average molecular weight is 294 g/mol. The van der Waals surface area contributed by atoms with Crippen molar-refractivity contribution in [3.8, 4) is 0 Å². The Morgan fingerprint density at radius 2 is 1.95 bits per heavy atom. The highest BCUT2D eigenvalue weighted by Gasteiger charge is 2.29. The van der Waals surface area contributed by atoms with E-state index in [4.69, 9.17) is 5.11 Å². The van der Waals surface area contributed by atoms with Gasteiger partial charge in [-0.2, -0.15) is 4.57 Å². The molecule has 0 radical (unpaired) electrons. The minimum Gasteiger partial charge on any atom is -0.481 e. The first-order valence-electron chi connectivity index (χ1n) is 6.61. The van der Waals surface area contributed by atoms with Crippen molar-refractivity contribution >= 4 is 17.4 Å². The van der Waals surface area contributed by atoms with Crippen LogP contribution in [0.15, 0.2) is 9.59 Å². The van der Waals surface area contributed by atoms with Crippen molar-refractivity contribution < 1.29 is 19.7 Å². The largest absolute Gasteiger partial charge is 0.481 e. The van der Waals surface area contributed by atoms with Crippen LogP contribution >= 0.6 is 0 Å². The van der Waals surface area contributed by atoms with E-state index in [1.54, 1.807) is 0 Å². The topological polar surface area (TPSA) is 112 Å². The number of nitrogens with one attached hydrogen (secondary N) is 1. The van der Waals surface area contributed by atoms with Crippen LogP contribution in [-0.4, -0.2) is 26.1 Å². The highest BCUT2D eigenvalue weighted by molar-refractivity contribution is 6.12. The van der Waals surface area contributed by atoms with Gasteiger partial charge in [0.05, 0.1) is 18.5 Å². The Kier molecular flexibility index (Phi) is 3.88. The van der Waals surface area contributed by atoms with Crippen molar-refractivity contribution in [1.29, 1.82) is 0 Å². The van der Waals surface area contributed by atoms with Crippen LogP contribution in [0, 0.1) is 0 Å². The molecule has 2 heterocycles. The molecule has 0 atom stereocenters. The fourth-order valence-electron chi connectivity index (χ4n) is 2.31. The van der Waals surface area contributed by atoms with Gasteiger partial charge in [0.25, 0.3) is 11.0 Å². The molecule has 1 aromatic heterocycles. The highest BCUT2D eigenvalue weighted by atomic mass is 16.4. The number of carbonyl (C=O) groups is 2. The van der Waals surface area contributed by atoms with Crippen LogP contribution in [0.3, 0.4) is 0 Å². The molecule has 0 aliphatic carbocycles. The second-order valence-corrected chi connectivity index (χ2v) is 4.88. The normalized spacial score (nSPS) is 13.2. The monoisotopic (exact) mass is 294 g/mol. The molecule has 0 aromatic carbocycles. The van der Waals surface area contributed by atoms with E-state index in [0.717, 1.165) is 11.0 Å². The second-order valence-electron chi connectivity index (χ2n) is 4.88. The Morgan fingerprint density at radius 3 is 2.52 bits per heavy atom. The van der Waals surface area contributed by atoms with Crippen LogP contribution in [-0.2, 0) is 23.2 Å². The summed E-state index contributed by atoms with van der Waals surface area (Å²) in [6.07, 6.45) is 0.985. The number of rotatable bonds is 5. The van der Waals surface area contributed by atoms with Gasteiger partial charge in [-0.3, -0.25) is 9.59 Å². The van der Waals surface area contributed by atoms with E-state index in [0.29, 0.717) is 13.0 Å². The number of carbonyl (C=O) groups excluding carboxylic acids is 1. The molecule has 0 saturated heterocycles. The summed E-state index contributed by atoms with van der Waals surface area (Å²) in [4.78, 5) is 49.5. The molecular weight excluding hydrogens is 278 g/mol. The van der Waals surface area contributed by atoms with Crippen molar-refractivity contribution in [2.45, 2.75) is 32.7 Å². The average Bonchev–Trinajstić information content (AvgIpc) is 2.73. The summed E-state index contributed by atoms with van der Waals surface area (Å²) in [6, 6.07) is 0. The second kappa shape index (κ2) is 5.47. The van der Waals surface area contributed by atoms with Gasteiger partial charge in [-0.05, 0) is 6.42 Å². The molecule has 1 aliphatic heterocycles. The molecule has 8 nitrogen and oxygen atoms in total. The predicted octanol–water partition coefficient (Wildman–Crippen LogP) is -3.79. The lowest BCUT2D eigenvalue weighted by atomic mass is 10.1. The molecule has 8 heteroatoms. The van der Waals surface area contributed by atoms with Gasteiger partial charge < -0.3 is 5.11 Å². The lowest BCUT2D eigenvalue weighted by Gasteiger charge is -2.00. The summed E-state index contributed by atoms with van der Waals surface area (Å²) >= 11 is 0. The third-order valence-corrected chi connectivity index (χ3v) is 3.41. The number of amides is 1. The molecule has 2 N–H and O–H groups in total. The van der Waals surface area contributed by atoms with Crippen molar-refractivity contribution in [2.24, 2.45) is 7.05 Å². The number of hydrogen-bond acceptors (Lipinski definition) is 4. The zero-order valence-electron chi connectivity index (χ0n) is 11.8. The van der Waals surface area contributed by atoms with Crippen molar-refractivity contribution in [3.63, 3.8) is 0 Å². The van der Waals surface area contributed by atoms with Gasteiger partial charge in [-0.1, -0.05) is 13.3 Å². The van der Waals surface area contributed by atoms with Crippen LogP contribution in [0.25, 0.3) is 5.57 Å². The fraction of sp³-hybridized carbons (Fsp3) is 0.462. The molecule has 112 valence electrons. The van der Waals surface area contributed by atoms with Crippen molar-refractivity contribution in [2.75, 3.05) is 0 Å². The molecule has 0 fully saturated rings. The maximum Gasteiger partial charge on any atom is 0.418 e. The maximum atomic E-state index is 12.2. The summed E-state index contributed by atoms with van der Waals surface area (Å²) in [5.41, 5.74) is -1.18. The summed E-state index contributed by atoms with van der Waals surface area (Å²) < 4.78 is 2.21. The first-order chi connectivity index (χ1) is 9.88. The first kappa shape index (κ1) is 14.9. The van der Waals surface area contributed by atoms with E-state index >= 15 is 0 Å². The van der Waals surface area contributed by atoms with E-state index in [-0.39, 0.29) is 16.3 Å². The Balaban J connectivity index is 2.89. The Bertz CT molecular complexity index is 860. The lowest BCUT2D eigenvalue weighted by molar-refractivity contribution is -0.413. The SMILES string of the molecule is CCCCn1c2c(c(=O)n(C)c1=O)=C(CC(=O)O)C(=O)[NH+]=2. The van der Waals surface area contributed by atoms with Gasteiger partial charge in [0, 0.05) is 7.05 Å². The third kappa shape index (κ3) is 2.44. The molecule has 1 amide bonds. The highest BCUT2D eigenvalue weighted by Crippen LogP contribution is 1.97. The third-order valence-electron chi connectivity index (χ3n) is 3.41. The minimum absolute atomic E-state index is 0.0133. The molecule has 21 heavy (non-hydrogen) atoms. The van der Waals surface area contributed by atoms with Gasteiger partial charge in [-0.25, -0.2) is 19.1 Å². The van der Waals surface area contributed by atoms with E-state index in [1.165, 1.54) is 11.6 Å². The number of aliphatic carboxylic acids is 1. The summed E-state index contributed by atoms with van der Waals surface area (Å²) in [7, 11) is 1.31. The Labute approximate surface area is 118 Å². The predicted molar refractivity (Wildman–Crippen MR) is 70.8 cm³/mol. The molecule has 0 saturated carbocycles. The van der Waals surface area contributed by atoms with Crippen molar-refractivity contribution in [1.82, 2.24) is 9.13 Å². The van der Waals surface area contributed by atoms with E-state index in [2.05, 4.69) is 4.99 Å². The van der Waals surface area contributed by atoms with Gasteiger partial charge in [0.1, 0.15) is 5.22 Å². The minimum atomic E-state index is -1.21. The number of unbranched alkanes of at least 4 members (excludes halogenated alkanes) is 1. The molecule has 1 aliphatic rings. The molecule has 0 spiro atoms. The zero-order valence-corrected chi connectivity index (χ0v) is 11.8. The Morgan fingerprint density at radius 1 is 1.29 bits per heavy atom.